The van der Waals surface area contributed by atoms with E-state index in [4.69, 9.17) is 12.2 Å². The number of nitrogens with one attached hydrogen (secondary N) is 1. The molecule has 3 aromatic rings. The molecule has 0 spiro atoms. The van der Waals surface area contributed by atoms with Gasteiger partial charge in [0.25, 0.3) is 5.91 Å². The van der Waals surface area contributed by atoms with Crippen molar-refractivity contribution in [1.29, 1.82) is 0 Å². The van der Waals surface area contributed by atoms with Gasteiger partial charge in [-0.3, -0.25) is 14.5 Å². The zero-order valence-electron chi connectivity index (χ0n) is 18.3. The predicted octanol–water partition coefficient (Wildman–Crippen LogP) is 6.28. The molecule has 1 N–H and O–H groups in total. The number of benzene rings is 3. The summed E-state index contributed by atoms with van der Waals surface area (Å²) in [5.41, 5.74) is 5.13. The Balaban J connectivity index is 1.27. The highest BCUT2D eigenvalue weighted by Gasteiger charge is 2.31. The van der Waals surface area contributed by atoms with Gasteiger partial charge in [0, 0.05) is 18.7 Å². The number of anilines is 1. The van der Waals surface area contributed by atoms with Crippen molar-refractivity contribution in [1.82, 2.24) is 4.90 Å². The lowest BCUT2D eigenvalue weighted by Gasteiger charge is -2.14. The molecule has 4 rings (SSSR count). The summed E-state index contributed by atoms with van der Waals surface area (Å²) in [5, 5.41) is 2.92. The van der Waals surface area contributed by atoms with Crippen LogP contribution in [0.15, 0.2) is 83.8 Å². The lowest BCUT2D eigenvalue weighted by molar-refractivity contribution is -0.122. The molecule has 0 bridgehead atoms. The first kappa shape index (κ1) is 23.0. The quantitative estimate of drug-likeness (QED) is 0.325. The van der Waals surface area contributed by atoms with Crippen LogP contribution >= 0.6 is 24.0 Å². The molecular formula is C27H24N2O2S2. The molecular weight excluding hydrogens is 448 g/mol. The maximum absolute atomic E-state index is 12.8. The lowest BCUT2D eigenvalue weighted by atomic mass is 10.1. The van der Waals surface area contributed by atoms with E-state index < -0.39 is 0 Å². The number of thioether (sulfide) groups is 1. The molecule has 0 atom stereocenters. The summed E-state index contributed by atoms with van der Waals surface area (Å²) in [6, 6.07) is 25.9. The van der Waals surface area contributed by atoms with Gasteiger partial charge in [-0.15, -0.1) is 0 Å². The molecule has 3 aromatic carbocycles. The first-order valence-electron chi connectivity index (χ1n) is 10.8. The predicted molar refractivity (Wildman–Crippen MR) is 141 cm³/mol. The Labute approximate surface area is 203 Å². The monoisotopic (exact) mass is 472 g/mol. The Morgan fingerprint density at radius 1 is 0.970 bits per heavy atom. The van der Waals surface area contributed by atoms with Gasteiger partial charge < -0.3 is 5.32 Å². The van der Waals surface area contributed by atoms with Gasteiger partial charge in [0.05, 0.1) is 4.91 Å². The molecule has 1 fully saturated rings. The number of nitrogens with zero attached hydrogens (tertiary/aromatic N) is 1. The molecule has 0 radical (unpaired) electrons. The summed E-state index contributed by atoms with van der Waals surface area (Å²) in [7, 11) is 0. The van der Waals surface area contributed by atoms with E-state index in [1.165, 1.54) is 17.3 Å². The number of hydrogen-bond acceptors (Lipinski definition) is 4. The van der Waals surface area contributed by atoms with Crippen molar-refractivity contribution in [2.75, 3.05) is 11.9 Å². The lowest BCUT2D eigenvalue weighted by Crippen LogP contribution is -2.29. The number of thiocarbonyl (C=S) groups is 1. The van der Waals surface area contributed by atoms with Gasteiger partial charge in [-0.1, -0.05) is 96.3 Å². The number of carbonyl (C=O) groups excluding carboxylic acids is 2. The first-order chi connectivity index (χ1) is 16.0. The highest BCUT2D eigenvalue weighted by molar-refractivity contribution is 8.26. The molecule has 0 aromatic heterocycles. The van der Waals surface area contributed by atoms with Gasteiger partial charge in [-0.25, -0.2) is 0 Å². The van der Waals surface area contributed by atoms with E-state index in [1.54, 1.807) is 4.90 Å². The van der Waals surface area contributed by atoms with E-state index in [2.05, 4.69) is 17.4 Å². The number of carbonyl (C=O) groups is 2. The van der Waals surface area contributed by atoms with Crippen LogP contribution < -0.4 is 5.32 Å². The molecule has 33 heavy (non-hydrogen) atoms. The molecule has 1 aliphatic rings. The van der Waals surface area contributed by atoms with Gasteiger partial charge in [-0.05, 0) is 48.2 Å². The molecule has 0 unspecified atom stereocenters. The first-order valence-corrected chi connectivity index (χ1v) is 12.0. The fourth-order valence-electron chi connectivity index (χ4n) is 3.50. The minimum atomic E-state index is -0.0949. The van der Waals surface area contributed by atoms with Gasteiger partial charge in [-0.2, -0.15) is 0 Å². The molecule has 1 saturated heterocycles. The Morgan fingerprint density at radius 3 is 2.33 bits per heavy atom. The van der Waals surface area contributed by atoms with Crippen molar-refractivity contribution < 1.29 is 9.59 Å². The third kappa shape index (κ3) is 5.97. The summed E-state index contributed by atoms with van der Waals surface area (Å²) in [6.07, 6.45) is 2.72. The second-order valence-electron chi connectivity index (χ2n) is 7.84. The SMILES string of the molecule is Cc1ccc(/C=C2/SC(=S)N(CCCC(=O)Nc3ccc(-c4ccccc4)cc3)C2=O)cc1. The smallest absolute Gasteiger partial charge is 0.266 e. The normalized spacial score (nSPS) is 14.7. The van der Waals surface area contributed by atoms with E-state index in [0.29, 0.717) is 28.6 Å². The third-order valence-corrected chi connectivity index (χ3v) is 6.69. The summed E-state index contributed by atoms with van der Waals surface area (Å²) in [4.78, 5) is 27.3. The largest absolute Gasteiger partial charge is 0.326 e. The fraction of sp³-hybridized carbons (Fsp3) is 0.148. The molecule has 2 amide bonds. The van der Waals surface area contributed by atoms with Crippen molar-refractivity contribution in [3.63, 3.8) is 0 Å². The van der Waals surface area contributed by atoms with Crippen LogP contribution in [0, 0.1) is 6.92 Å². The van der Waals surface area contributed by atoms with Crippen molar-refractivity contribution in [3.8, 4) is 11.1 Å². The average Bonchev–Trinajstić information content (AvgIpc) is 3.09. The highest BCUT2D eigenvalue weighted by Crippen LogP contribution is 2.32. The topological polar surface area (TPSA) is 49.4 Å². The second-order valence-corrected chi connectivity index (χ2v) is 9.51. The standard InChI is InChI=1S/C27H24N2O2S2/c1-19-9-11-20(12-10-19)18-24-26(31)29(27(32)33-24)17-5-8-25(30)28-23-15-13-22(14-16-23)21-6-3-2-4-7-21/h2-4,6-7,9-16,18H,5,8,17H2,1H3,(H,28,30)/b24-18+. The zero-order valence-corrected chi connectivity index (χ0v) is 19.9. The minimum Gasteiger partial charge on any atom is -0.326 e. The van der Waals surface area contributed by atoms with E-state index in [1.807, 2.05) is 79.7 Å². The van der Waals surface area contributed by atoms with Crippen molar-refractivity contribution in [2.45, 2.75) is 19.8 Å². The Bertz CT molecular complexity index is 1190. The molecule has 6 heteroatoms. The number of amides is 2. The Morgan fingerprint density at radius 2 is 1.64 bits per heavy atom. The van der Waals surface area contributed by atoms with Crippen molar-refractivity contribution in [2.24, 2.45) is 0 Å². The van der Waals surface area contributed by atoms with E-state index in [0.717, 1.165) is 22.4 Å². The average molecular weight is 473 g/mol. The van der Waals surface area contributed by atoms with Crippen LogP contribution in [0.1, 0.15) is 24.0 Å². The summed E-state index contributed by atoms with van der Waals surface area (Å²) < 4.78 is 0.537. The van der Waals surface area contributed by atoms with E-state index in [9.17, 15) is 9.59 Å². The van der Waals surface area contributed by atoms with Gasteiger partial charge in [0.15, 0.2) is 0 Å². The van der Waals surface area contributed by atoms with Crippen LogP contribution in [-0.2, 0) is 9.59 Å². The molecule has 0 saturated carbocycles. The minimum absolute atomic E-state index is 0.0805. The highest BCUT2D eigenvalue weighted by atomic mass is 32.2. The van der Waals surface area contributed by atoms with Gasteiger partial charge >= 0.3 is 0 Å². The molecule has 0 aliphatic carbocycles. The summed E-state index contributed by atoms with van der Waals surface area (Å²) in [6.45, 7) is 2.45. The Kier molecular flexibility index (Phi) is 7.37. The molecule has 4 nitrogen and oxygen atoms in total. The summed E-state index contributed by atoms with van der Waals surface area (Å²) in [5.74, 6) is -0.175. The van der Waals surface area contributed by atoms with Crippen molar-refractivity contribution in [3.05, 3.63) is 94.9 Å². The zero-order chi connectivity index (χ0) is 23.2. The van der Waals surface area contributed by atoms with Crippen LogP contribution in [0.5, 0.6) is 0 Å². The second kappa shape index (κ2) is 10.6. The Hall–Kier alpha value is -3.22. The van der Waals surface area contributed by atoms with Gasteiger partial charge in [0.2, 0.25) is 5.91 Å². The van der Waals surface area contributed by atoms with Crippen LogP contribution in [-0.4, -0.2) is 27.6 Å². The van der Waals surface area contributed by atoms with Crippen molar-refractivity contribution >= 4 is 51.9 Å². The number of hydrogen-bond donors (Lipinski definition) is 1. The molecule has 166 valence electrons. The van der Waals surface area contributed by atoms with Crippen LogP contribution in [0.4, 0.5) is 5.69 Å². The third-order valence-electron chi connectivity index (χ3n) is 5.31. The van der Waals surface area contributed by atoms with E-state index in [-0.39, 0.29) is 11.8 Å². The fourth-order valence-corrected chi connectivity index (χ4v) is 4.81. The number of aryl methyl sites for hydroxylation is 1. The van der Waals surface area contributed by atoms with Crippen LogP contribution in [0.3, 0.4) is 0 Å². The van der Waals surface area contributed by atoms with E-state index >= 15 is 0 Å². The summed E-state index contributed by atoms with van der Waals surface area (Å²) >= 11 is 6.70. The number of rotatable bonds is 7. The van der Waals surface area contributed by atoms with Crippen LogP contribution in [0.2, 0.25) is 0 Å². The molecule has 1 aliphatic heterocycles. The molecule has 1 heterocycles. The maximum atomic E-state index is 12.8. The van der Waals surface area contributed by atoms with Crippen LogP contribution in [0.25, 0.3) is 17.2 Å². The maximum Gasteiger partial charge on any atom is 0.266 e. The van der Waals surface area contributed by atoms with Gasteiger partial charge in [0.1, 0.15) is 4.32 Å².